The average Bonchev–Trinajstić information content (AvgIpc) is 3.23. The molecule has 0 spiro atoms. The van der Waals surface area contributed by atoms with Gasteiger partial charge >= 0.3 is 0 Å². The van der Waals surface area contributed by atoms with Crippen LogP contribution < -0.4 is 5.32 Å². The molecule has 4 nitrogen and oxygen atoms in total. The Labute approximate surface area is 179 Å². The van der Waals surface area contributed by atoms with E-state index in [1.807, 2.05) is 6.07 Å². The van der Waals surface area contributed by atoms with Crippen molar-refractivity contribution in [2.45, 2.75) is 37.1 Å². The minimum atomic E-state index is -0.0634. The summed E-state index contributed by atoms with van der Waals surface area (Å²) in [5.41, 5.74) is 3.89. The lowest BCUT2D eigenvalue weighted by molar-refractivity contribution is -0.123. The molecule has 2 aromatic carbocycles. The zero-order valence-corrected chi connectivity index (χ0v) is 17.5. The number of amides is 1. The molecule has 4 heteroatoms. The standard InChI is InChI=1S/C26H30N2O2/c1-2-16-28(24-13-12-21-8-6-7-11-23(21)24)19-25(29)27-20-26(14-17-30-18-15-26)22-9-4-3-5-10-22/h1,3-11,24H,12-20H2,(H,27,29). The molecule has 1 atom stereocenters. The number of benzene rings is 2. The van der Waals surface area contributed by atoms with Gasteiger partial charge in [0.25, 0.3) is 0 Å². The van der Waals surface area contributed by atoms with Crippen molar-refractivity contribution in [1.29, 1.82) is 0 Å². The van der Waals surface area contributed by atoms with E-state index in [0.717, 1.165) is 38.9 Å². The molecule has 30 heavy (non-hydrogen) atoms. The number of aryl methyl sites for hydroxylation is 1. The molecule has 156 valence electrons. The number of terminal acetylenes is 1. The van der Waals surface area contributed by atoms with Gasteiger partial charge in [0.2, 0.25) is 5.91 Å². The summed E-state index contributed by atoms with van der Waals surface area (Å²) in [6.07, 6.45) is 9.54. The van der Waals surface area contributed by atoms with Crippen LogP contribution in [0.5, 0.6) is 0 Å². The summed E-state index contributed by atoms with van der Waals surface area (Å²) in [4.78, 5) is 15.1. The summed E-state index contributed by atoms with van der Waals surface area (Å²) in [7, 11) is 0. The van der Waals surface area contributed by atoms with Gasteiger partial charge in [-0.25, -0.2) is 0 Å². The zero-order chi connectivity index (χ0) is 20.8. The third kappa shape index (κ3) is 4.43. The predicted octanol–water partition coefficient (Wildman–Crippen LogP) is 3.47. The largest absolute Gasteiger partial charge is 0.381 e. The summed E-state index contributed by atoms with van der Waals surface area (Å²) < 4.78 is 5.61. The van der Waals surface area contributed by atoms with E-state index < -0.39 is 0 Å². The fraction of sp³-hybridized carbons (Fsp3) is 0.423. The van der Waals surface area contributed by atoms with Crippen LogP contribution in [0, 0.1) is 12.3 Å². The van der Waals surface area contributed by atoms with Crippen LogP contribution in [0.3, 0.4) is 0 Å². The van der Waals surface area contributed by atoms with Crippen LogP contribution in [0.25, 0.3) is 0 Å². The van der Waals surface area contributed by atoms with E-state index in [-0.39, 0.29) is 17.4 Å². The second-order valence-electron chi connectivity index (χ2n) is 8.40. The Morgan fingerprint density at radius 1 is 1.13 bits per heavy atom. The molecule has 1 aliphatic heterocycles. The van der Waals surface area contributed by atoms with Crippen molar-refractivity contribution in [3.8, 4) is 12.3 Å². The minimum absolute atomic E-state index is 0.0384. The van der Waals surface area contributed by atoms with Gasteiger partial charge in [-0.15, -0.1) is 6.42 Å². The van der Waals surface area contributed by atoms with Gasteiger partial charge in [0.15, 0.2) is 0 Å². The molecule has 0 radical (unpaired) electrons. The molecule has 1 N–H and O–H groups in total. The van der Waals surface area contributed by atoms with E-state index in [1.165, 1.54) is 16.7 Å². The number of carbonyl (C=O) groups is 1. The molecule has 0 aromatic heterocycles. The van der Waals surface area contributed by atoms with E-state index in [1.54, 1.807) is 0 Å². The van der Waals surface area contributed by atoms with Crippen molar-refractivity contribution in [1.82, 2.24) is 10.2 Å². The summed E-state index contributed by atoms with van der Waals surface area (Å²) in [6.45, 7) is 2.89. The van der Waals surface area contributed by atoms with Crippen molar-refractivity contribution in [3.63, 3.8) is 0 Å². The van der Waals surface area contributed by atoms with Crippen LogP contribution in [0.15, 0.2) is 54.6 Å². The van der Waals surface area contributed by atoms with Crippen LogP contribution in [0.1, 0.15) is 42.0 Å². The Kier molecular flexibility index (Phi) is 6.52. The van der Waals surface area contributed by atoms with Crippen LogP contribution >= 0.6 is 0 Å². The molecular formula is C26H30N2O2. The van der Waals surface area contributed by atoms with Crippen LogP contribution in [-0.2, 0) is 21.4 Å². The molecular weight excluding hydrogens is 372 g/mol. The quantitative estimate of drug-likeness (QED) is 0.721. The first-order chi connectivity index (χ1) is 14.7. The summed E-state index contributed by atoms with van der Waals surface area (Å²) in [5, 5.41) is 3.22. The SMILES string of the molecule is C#CCN(CC(=O)NCC1(c2ccccc2)CCOCC1)C1CCc2ccccc21. The Balaban J connectivity index is 1.43. The van der Waals surface area contributed by atoms with Crippen molar-refractivity contribution >= 4 is 5.91 Å². The molecule has 2 aliphatic rings. The second-order valence-corrected chi connectivity index (χ2v) is 8.40. The van der Waals surface area contributed by atoms with Gasteiger partial charge in [0.05, 0.1) is 13.1 Å². The van der Waals surface area contributed by atoms with Gasteiger partial charge in [-0.3, -0.25) is 9.69 Å². The van der Waals surface area contributed by atoms with Gasteiger partial charge in [-0.1, -0.05) is 60.5 Å². The van der Waals surface area contributed by atoms with Gasteiger partial charge in [0, 0.05) is 31.2 Å². The van der Waals surface area contributed by atoms with Crippen molar-refractivity contribution < 1.29 is 9.53 Å². The molecule has 2 aromatic rings. The van der Waals surface area contributed by atoms with Crippen molar-refractivity contribution in [3.05, 3.63) is 71.3 Å². The van der Waals surface area contributed by atoms with Crippen molar-refractivity contribution in [2.24, 2.45) is 0 Å². The third-order valence-corrected chi connectivity index (χ3v) is 6.64. The van der Waals surface area contributed by atoms with Gasteiger partial charge in [-0.2, -0.15) is 0 Å². The topological polar surface area (TPSA) is 41.6 Å². The summed E-state index contributed by atoms with van der Waals surface area (Å²) in [6, 6.07) is 19.2. The Bertz CT molecular complexity index is 897. The number of fused-ring (bicyclic) bond motifs is 1. The lowest BCUT2D eigenvalue weighted by atomic mass is 9.74. The van der Waals surface area contributed by atoms with Gasteiger partial charge in [-0.05, 0) is 42.4 Å². The number of carbonyl (C=O) groups excluding carboxylic acids is 1. The van der Waals surface area contributed by atoms with E-state index >= 15 is 0 Å². The predicted molar refractivity (Wildman–Crippen MR) is 119 cm³/mol. The molecule has 1 unspecified atom stereocenters. The highest BCUT2D eigenvalue weighted by Gasteiger charge is 2.35. The molecule has 4 rings (SSSR count). The smallest absolute Gasteiger partial charge is 0.234 e. The molecule has 1 fully saturated rings. The first-order valence-electron chi connectivity index (χ1n) is 10.9. The fourth-order valence-corrected chi connectivity index (χ4v) is 4.94. The molecule has 0 bridgehead atoms. The normalized spacial score (nSPS) is 19.8. The van der Waals surface area contributed by atoms with E-state index in [0.29, 0.717) is 19.6 Å². The zero-order valence-electron chi connectivity index (χ0n) is 17.5. The first kappa shape index (κ1) is 20.7. The summed E-state index contributed by atoms with van der Waals surface area (Å²) in [5.74, 6) is 2.79. The maximum Gasteiger partial charge on any atom is 0.234 e. The molecule has 1 aliphatic carbocycles. The number of nitrogens with zero attached hydrogens (tertiary/aromatic N) is 1. The highest BCUT2D eigenvalue weighted by Crippen LogP contribution is 2.36. The average molecular weight is 403 g/mol. The fourth-order valence-electron chi connectivity index (χ4n) is 4.94. The first-order valence-corrected chi connectivity index (χ1v) is 10.9. The number of nitrogens with one attached hydrogen (secondary N) is 1. The molecule has 1 saturated heterocycles. The van der Waals surface area contributed by atoms with E-state index in [4.69, 9.17) is 11.2 Å². The monoisotopic (exact) mass is 402 g/mol. The maximum atomic E-state index is 13.0. The number of ether oxygens (including phenoxy) is 1. The third-order valence-electron chi connectivity index (χ3n) is 6.64. The van der Waals surface area contributed by atoms with Crippen LogP contribution in [0.4, 0.5) is 0 Å². The van der Waals surface area contributed by atoms with Crippen LogP contribution in [0.2, 0.25) is 0 Å². The lowest BCUT2D eigenvalue weighted by Crippen LogP contribution is -2.47. The van der Waals surface area contributed by atoms with Crippen molar-refractivity contribution in [2.75, 3.05) is 32.8 Å². The van der Waals surface area contributed by atoms with Gasteiger partial charge in [0.1, 0.15) is 0 Å². The molecule has 1 heterocycles. The second kappa shape index (κ2) is 9.47. The number of rotatable bonds is 7. The molecule has 0 saturated carbocycles. The highest BCUT2D eigenvalue weighted by molar-refractivity contribution is 5.78. The Morgan fingerprint density at radius 2 is 1.87 bits per heavy atom. The molecule has 1 amide bonds. The maximum absolute atomic E-state index is 13.0. The van der Waals surface area contributed by atoms with Gasteiger partial charge < -0.3 is 10.1 Å². The Hall–Kier alpha value is -2.61. The summed E-state index contributed by atoms with van der Waals surface area (Å²) >= 11 is 0. The van der Waals surface area contributed by atoms with E-state index in [9.17, 15) is 4.79 Å². The number of hydrogen-bond donors (Lipinski definition) is 1. The number of hydrogen-bond acceptors (Lipinski definition) is 3. The highest BCUT2D eigenvalue weighted by atomic mass is 16.5. The minimum Gasteiger partial charge on any atom is -0.381 e. The Morgan fingerprint density at radius 3 is 2.63 bits per heavy atom. The van der Waals surface area contributed by atoms with Crippen LogP contribution in [-0.4, -0.2) is 43.7 Å². The lowest BCUT2D eigenvalue weighted by Gasteiger charge is -2.38. The van der Waals surface area contributed by atoms with E-state index in [2.05, 4.69) is 64.7 Å².